The fourth-order valence-electron chi connectivity index (χ4n) is 3.58. The molecule has 0 unspecified atom stereocenters. The van der Waals surface area contributed by atoms with E-state index in [9.17, 15) is 18.0 Å². The molecule has 2 N–H and O–H groups in total. The highest BCUT2D eigenvalue weighted by atomic mass is 32.2. The zero-order valence-corrected chi connectivity index (χ0v) is 20.4. The van der Waals surface area contributed by atoms with Crippen molar-refractivity contribution in [1.82, 2.24) is 10.2 Å². The molecule has 0 atom stereocenters. The number of benzene rings is 2. The third-order valence-electron chi connectivity index (χ3n) is 5.33. The largest absolute Gasteiger partial charge is 0.497 e. The van der Waals surface area contributed by atoms with Crippen molar-refractivity contribution in [1.29, 1.82) is 0 Å². The van der Waals surface area contributed by atoms with E-state index < -0.39 is 21.9 Å². The van der Waals surface area contributed by atoms with Crippen molar-refractivity contribution < 1.29 is 27.5 Å². The summed E-state index contributed by atoms with van der Waals surface area (Å²) in [7, 11) is -0.942. The first-order valence-electron chi connectivity index (χ1n) is 10.9. The molecule has 0 aliphatic carbocycles. The quantitative estimate of drug-likeness (QED) is 0.509. The van der Waals surface area contributed by atoms with E-state index in [1.165, 1.54) is 37.3 Å². The predicted molar refractivity (Wildman–Crippen MR) is 129 cm³/mol. The number of ether oxygens (including phenoxy) is 2. The maximum atomic E-state index is 13.1. The van der Waals surface area contributed by atoms with Gasteiger partial charge in [0.1, 0.15) is 12.3 Å². The Kier molecular flexibility index (Phi) is 8.35. The van der Waals surface area contributed by atoms with E-state index in [1.807, 2.05) is 0 Å². The second-order valence-corrected chi connectivity index (χ2v) is 9.40. The predicted octanol–water partition coefficient (Wildman–Crippen LogP) is 1.54. The summed E-state index contributed by atoms with van der Waals surface area (Å²) in [6.07, 6.45) is 0. The number of amides is 1. The molecule has 1 amide bonds. The van der Waals surface area contributed by atoms with E-state index in [1.54, 1.807) is 31.2 Å². The van der Waals surface area contributed by atoms with E-state index in [0.717, 1.165) is 13.1 Å². The molecule has 2 aromatic rings. The average Bonchev–Trinajstić information content (AvgIpc) is 2.84. The van der Waals surface area contributed by atoms with Crippen LogP contribution in [-0.2, 0) is 19.6 Å². The van der Waals surface area contributed by atoms with Crippen LogP contribution in [0.4, 0.5) is 11.4 Å². The molecule has 0 bridgehead atoms. The van der Waals surface area contributed by atoms with Crippen LogP contribution in [0.5, 0.6) is 5.75 Å². The number of rotatable bonds is 9. The Morgan fingerprint density at radius 2 is 1.79 bits per heavy atom. The van der Waals surface area contributed by atoms with Gasteiger partial charge in [-0.2, -0.15) is 0 Å². The number of hydrogen-bond donors (Lipinski definition) is 2. The van der Waals surface area contributed by atoms with Crippen LogP contribution in [0.3, 0.4) is 0 Å². The third kappa shape index (κ3) is 6.17. The minimum Gasteiger partial charge on any atom is -0.497 e. The summed E-state index contributed by atoms with van der Waals surface area (Å²) >= 11 is 0. The van der Waals surface area contributed by atoms with Crippen molar-refractivity contribution >= 4 is 33.3 Å². The SMILES string of the molecule is CCOC(=O)CN(C)C(=O)c1ccc(N2CCNCC2)c(NS(=O)(=O)c2ccc(OC)cc2)c1. The normalized spacial score (nSPS) is 13.8. The number of hydrogen-bond acceptors (Lipinski definition) is 8. The number of sulfonamides is 1. The third-order valence-corrected chi connectivity index (χ3v) is 6.71. The molecule has 1 heterocycles. The Balaban J connectivity index is 1.93. The van der Waals surface area contributed by atoms with Gasteiger partial charge in [-0.1, -0.05) is 0 Å². The smallest absolute Gasteiger partial charge is 0.325 e. The summed E-state index contributed by atoms with van der Waals surface area (Å²) in [6, 6.07) is 10.9. The highest BCUT2D eigenvalue weighted by Gasteiger charge is 2.23. The highest BCUT2D eigenvalue weighted by molar-refractivity contribution is 7.92. The summed E-state index contributed by atoms with van der Waals surface area (Å²) in [5, 5.41) is 3.27. The minimum atomic E-state index is -3.94. The molecule has 0 saturated carbocycles. The summed E-state index contributed by atoms with van der Waals surface area (Å²) < 4.78 is 38.9. The highest BCUT2D eigenvalue weighted by Crippen LogP contribution is 2.30. The maximum Gasteiger partial charge on any atom is 0.325 e. The van der Waals surface area contributed by atoms with Crippen LogP contribution in [-0.4, -0.2) is 78.7 Å². The fraction of sp³-hybridized carbons (Fsp3) is 0.391. The van der Waals surface area contributed by atoms with Gasteiger partial charge >= 0.3 is 5.97 Å². The van der Waals surface area contributed by atoms with Gasteiger partial charge in [0.15, 0.2) is 0 Å². The molecule has 3 rings (SSSR count). The van der Waals surface area contributed by atoms with E-state index in [2.05, 4.69) is 14.9 Å². The van der Waals surface area contributed by atoms with Crippen LogP contribution in [0.25, 0.3) is 0 Å². The van der Waals surface area contributed by atoms with Crippen molar-refractivity contribution in [3.05, 3.63) is 48.0 Å². The zero-order chi connectivity index (χ0) is 24.7. The number of carbonyl (C=O) groups is 2. The number of anilines is 2. The van der Waals surface area contributed by atoms with E-state index in [4.69, 9.17) is 9.47 Å². The Hall–Kier alpha value is -3.31. The van der Waals surface area contributed by atoms with Gasteiger partial charge in [-0.15, -0.1) is 0 Å². The van der Waals surface area contributed by atoms with Crippen LogP contribution in [0.1, 0.15) is 17.3 Å². The first kappa shape index (κ1) is 25.3. The van der Waals surface area contributed by atoms with Crippen molar-refractivity contribution in [3.8, 4) is 5.75 Å². The Morgan fingerprint density at radius 1 is 1.12 bits per heavy atom. The molecule has 1 aliphatic rings. The van der Waals surface area contributed by atoms with Gasteiger partial charge in [0.05, 0.1) is 30.0 Å². The van der Waals surface area contributed by atoms with Gasteiger partial charge in [-0.05, 0) is 49.4 Å². The summed E-state index contributed by atoms with van der Waals surface area (Å²) in [5.74, 6) is -0.404. The first-order valence-corrected chi connectivity index (χ1v) is 12.4. The molecule has 0 spiro atoms. The monoisotopic (exact) mass is 490 g/mol. The molecule has 10 nitrogen and oxygen atoms in total. The number of nitrogens with one attached hydrogen (secondary N) is 2. The standard InChI is InChI=1S/C23H30N4O6S/c1-4-33-22(28)16-26(2)23(29)17-5-10-21(27-13-11-24-12-14-27)20(15-17)25-34(30,31)19-8-6-18(32-3)7-9-19/h5-10,15,24-25H,4,11-14,16H2,1-3H3. The number of carbonyl (C=O) groups excluding carboxylic acids is 2. The van der Waals surface area contributed by atoms with Crippen LogP contribution < -0.4 is 19.7 Å². The summed E-state index contributed by atoms with van der Waals surface area (Å²) in [6.45, 7) is 4.59. The molecule has 184 valence electrons. The van der Waals surface area contributed by atoms with Gasteiger partial charge in [-0.3, -0.25) is 14.3 Å². The average molecular weight is 491 g/mol. The van der Waals surface area contributed by atoms with E-state index >= 15 is 0 Å². The van der Waals surface area contributed by atoms with Gasteiger partial charge in [0.25, 0.3) is 15.9 Å². The molecule has 1 saturated heterocycles. The lowest BCUT2D eigenvalue weighted by Gasteiger charge is -2.31. The van der Waals surface area contributed by atoms with Gasteiger partial charge in [0.2, 0.25) is 0 Å². The molecule has 11 heteroatoms. The Morgan fingerprint density at radius 3 is 2.41 bits per heavy atom. The van der Waals surface area contributed by atoms with Crippen molar-refractivity contribution in [2.45, 2.75) is 11.8 Å². The van der Waals surface area contributed by atoms with Crippen LogP contribution in [0.2, 0.25) is 0 Å². The van der Waals surface area contributed by atoms with Crippen LogP contribution in [0.15, 0.2) is 47.4 Å². The molecule has 1 aliphatic heterocycles. The summed E-state index contributed by atoms with van der Waals surface area (Å²) in [4.78, 5) is 28.1. The second kappa shape index (κ2) is 11.2. The first-order chi connectivity index (χ1) is 16.2. The number of nitrogens with zero attached hydrogens (tertiary/aromatic N) is 2. The van der Waals surface area contributed by atoms with E-state index in [-0.39, 0.29) is 29.3 Å². The molecule has 34 heavy (non-hydrogen) atoms. The topological polar surface area (TPSA) is 117 Å². The molecular weight excluding hydrogens is 460 g/mol. The van der Waals surface area contributed by atoms with Gasteiger partial charge in [0, 0.05) is 38.8 Å². The lowest BCUT2D eigenvalue weighted by molar-refractivity contribution is -0.143. The number of piperazine rings is 1. The summed E-state index contributed by atoms with van der Waals surface area (Å²) in [5.41, 5.74) is 1.20. The molecular formula is C23H30N4O6S. The molecule has 2 aromatic carbocycles. The lowest BCUT2D eigenvalue weighted by atomic mass is 10.1. The second-order valence-electron chi connectivity index (χ2n) is 7.72. The Labute approximate surface area is 199 Å². The van der Waals surface area contributed by atoms with Gasteiger partial charge < -0.3 is 24.6 Å². The molecule has 0 aromatic heterocycles. The van der Waals surface area contributed by atoms with Crippen LogP contribution in [0, 0.1) is 0 Å². The number of methoxy groups -OCH3 is 1. The Bertz CT molecular complexity index is 1110. The number of esters is 1. The fourth-order valence-corrected chi connectivity index (χ4v) is 4.65. The van der Waals surface area contributed by atoms with Crippen molar-refractivity contribution in [2.24, 2.45) is 0 Å². The van der Waals surface area contributed by atoms with E-state index in [0.29, 0.717) is 24.5 Å². The van der Waals surface area contributed by atoms with Crippen LogP contribution >= 0.6 is 0 Å². The number of likely N-dealkylation sites (N-methyl/N-ethyl adjacent to an activating group) is 1. The van der Waals surface area contributed by atoms with Crippen molar-refractivity contribution in [2.75, 3.05) is 63.1 Å². The molecule has 1 fully saturated rings. The molecule has 0 radical (unpaired) electrons. The maximum absolute atomic E-state index is 13.1. The lowest BCUT2D eigenvalue weighted by Crippen LogP contribution is -2.43. The zero-order valence-electron chi connectivity index (χ0n) is 19.5. The van der Waals surface area contributed by atoms with Gasteiger partial charge in [-0.25, -0.2) is 8.42 Å². The minimum absolute atomic E-state index is 0.0655. The van der Waals surface area contributed by atoms with Crippen molar-refractivity contribution in [3.63, 3.8) is 0 Å².